The van der Waals surface area contributed by atoms with Crippen molar-refractivity contribution in [1.29, 1.82) is 5.26 Å². The molecule has 90 valence electrons. The highest BCUT2D eigenvalue weighted by atomic mass is 79.9. The van der Waals surface area contributed by atoms with Gasteiger partial charge in [-0.15, -0.1) is 0 Å². The Morgan fingerprint density at radius 1 is 1.71 bits per heavy atom. The van der Waals surface area contributed by atoms with Crippen LogP contribution < -0.4 is 0 Å². The van der Waals surface area contributed by atoms with Crippen molar-refractivity contribution in [2.24, 2.45) is 0 Å². The van der Waals surface area contributed by atoms with Crippen LogP contribution in [0.25, 0.3) is 0 Å². The van der Waals surface area contributed by atoms with Crippen molar-refractivity contribution in [3.63, 3.8) is 0 Å². The van der Waals surface area contributed by atoms with Gasteiger partial charge >= 0.3 is 5.97 Å². The van der Waals surface area contributed by atoms with E-state index in [9.17, 15) is 13.6 Å². The first-order valence-electron chi connectivity index (χ1n) is 4.41. The van der Waals surface area contributed by atoms with Crippen LogP contribution >= 0.6 is 15.9 Å². The number of ether oxygens (including phenoxy) is 1. The minimum Gasteiger partial charge on any atom is -0.465 e. The van der Waals surface area contributed by atoms with Crippen LogP contribution in [0.4, 0.5) is 8.78 Å². The molecular formula is C10H7BrF2N2O2. The Bertz CT molecular complexity index is 486. The van der Waals surface area contributed by atoms with Gasteiger partial charge in [-0.2, -0.15) is 5.26 Å². The van der Waals surface area contributed by atoms with Crippen LogP contribution in [0.3, 0.4) is 0 Å². The molecule has 1 aromatic rings. The Hall–Kier alpha value is -1.55. The van der Waals surface area contributed by atoms with E-state index in [0.29, 0.717) is 0 Å². The molecule has 4 nitrogen and oxygen atoms in total. The van der Waals surface area contributed by atoms with Crippen LogP contribution in [0, 0.1) is 11.3 Å². The summed E-state index contributed by atoms with van der Waals surface area (Å²) in [7, 11) is 1.09. The highest BCUT2D eigenvalue weighted by molar-refractivity contribution is 9.08. The van der Waals surface area contributed by atoms with E-state index in [1.54, 1.807) is 0 Å². The number of carbonyl (C=O) groups is 1. The average Bonchev–Trinajstić information content (AvgIpc) is 2.35. The van der Waals surface area contributed by atoms with E-state index in [1.807, 2.05) is 0 Å². The minimum atomic E-state index is -2.97. The molecule has 0 N–H and O–H groups in total. The third kappa shape index (κ3) is 2.58. The van der Waals surface area contributed by atoms with Crippen molar-refractivity contribution >= 4 is 21.9 Å². The summed E-state index contributed by atoms with van der Waals surface area (Å²) in [5, 5.41) is 8.86. The summed E-state index contributed by atoms with van der Waals surface area (Å²) >= 11 is 3.06. The molecule has 0 aliphatic carbocycles. The van der Waals surface area contributed by atoms with Crippen LogP contribution in [0.2, 0.25) is 0 Å². The monoisotopic (exact) mass is 304 g/mol. The quantitative estimate of drug-likeness (QED) is 0.636. The average molecular weight is 305 g/mol. The number of hydrogen-bond acceptors (Lipinski definition) is 4. The Morgan fingerprint density at radius 3 is 2.76 bits per heavy atom. The molecule has 0 saturated carbocycles. The molecule has 0 amide bonds. The molecule has 0 radical (unpaired) electrons. The lowest BCUT2D eigenvalue weighted by molar-refractivity contribution is 0.0587. The normalized spacial score (nSPS) is 10.1. The van der Waals surface area contributed by atoms with Crippen molar-refractivity contribution in [3.05, 3.63) is 28.6 Å². The maximum atomic E-state index is 12.9. The van der Waals surface area contributed by atoms with Crippen LogP contribution in [0.15, 0.2) is 6.20 Å². The zero-order valence-corrected chi connectivity index (χ0v) is 10.3. The van der Waals surface area contributed by atoms with E-state index in [-0.39, 0.29) is 16.5 Å². The number of carbonyl (C=O) groups excluding carboxylic acids is 1. The summed E-state index contributed by atoms with van der Waals surface area (Å²) in [6.07, 6.45) is -1.77. The van der Waals surface area contributed by atoms with Gasteiger partial charge < -0.3 is 4.74 Å². The highest BCUT2D eigenvalue weighted by Crippen LogP contribution is 2.29. The predicted octanol–water partition coefficient (Wildman–Crippen LogP) is 2.57. The molecule has 0 bridgehead atoms. The summed E-state index contributed by atoms with van der Waals surface area (Å²) in [5.74, 6) is -0.909. The van der Waals surface area contributed by atoms with Gasteiger partial charge in [-0.25, -0.2) is 18.6 Å². The molecular weight excluding hydrogens is 298 g/mol. The number of rotatable bonds is 3. The van der Waals surface area contributed by atoms with E-state index in [4.69, 9.17) is 5.26 Å². The van der Waals surface area contributed by atoms with E-state index >= 15 is 0 Å². The zero-order chi connectivity index (χ0) is 13.0. The number of nitrogens with zero attached hydrogens (tertiary/aromatic N) is 2. The van der Waals surface area contributed by atoms with Gasteiger partial charge in [0, 0.05) is 11.5 Å². The minimum absolute atomic E-state index is 0.163. The third-order valence-corrected chi connectivity index (χ3v) is 2.66. The lowest BCUT2D eigenvalue weighted by atomic mass is 10.0. The van der Waals surface area contributed by atoms with Crippen LogP contribution in [0.5, 0.6) is 0 Å². The summed E-state index contributed by atoms with van der Waals surface area (Å²) in [5.41, 5.74) is -1.20. The molecule has 0 aliphatic heterocycles. The highest BCUT2D eigenvalue weighted by Gasteiger charge is 2.26. The van der Waals surface area contributed by atoms with E-state index in [0.717, 1.165) is 7.11 Å². The van der Waals surface area contributed by atoms with E-state index in [1.165, 1.54) is 12.3 Å². The van der Waals surface area contributed by atoms with Gasteiger partial charge in [0.25, 0.3) is 6.43 Å². The molecule has 0 atom stereocenters. The number of pyridine rings is 1. The van der Waals surface area contributed by atoms with Crippen LogP contribution in [-0.2, 0) is 10.1 Å². The second kappa shape index (κ2) is 5.68. The molecule has 0 aromatic carbocycles. The van der Waals surface area contributed by atoms with Crippen molar-refractivity contribution in [1.82, 2.24) is 4.98 Å². The SMILES string of the molecule is COC(=O)c1c(CBr)cnc(C#N)c1C(F)F. The molecule has 1 rings (SSSR count). The molecule has 1 aromatic heterocycles. The summed E-state index contributed by atoms with van der Waals surface area (Å²) < 4.78 is 30.2. The zero-order valence-electron chi connectivity index (χ0n) is 8.71. The number of hydrogen-bond donors (Lipinski definition) is 0. The number of aromatic nitrogens is 1. The fraction of sp³-hybridized carbons (Fsp3) is 0.300. The van der Waals surface area contributed by atoms with Crippen molar-refractivity contribution < 1.29 is 18.3 Å². The van der Waals surface area contributed by atoms with Gasteiger partial charge in [0.1, 0.15) is 11.8 Å². The topological polar surface area (TPSA) is 63.0 Å². The van der Waals surface area contributed by atoms with Crippen LogP contribution in [0.1, 0.15) is 33.6 Å². The van der Waals surface area contributed by atoms with Crippen molar-refractivity contribution in [2.45, 2.75) is 11.8 Å². The lowest BCUT2D eigenvalue weighted by Gasteiger charge is -2.11. The van der Waals surface area contributed by atoms with E-state index < -0.39 is 23.7 Å². The fourth-order valence-electron chi connectivity index (χ4n) is 1.31. The second-order valence-electron chi connectivity index (χ2n) is 2.96. The summed E-state index contributed by atoms with van der Waals surface area (Å²) in [6.45, 7) is 0. The van der Waals surface area contributed by atoms with Crippen molar-refractivity contribution in [2.75, 3.05) is 7.11 Å². The molecule has 7 heteroatoms. The van der Waals surface area contributed by atoms with E-state index in [2.05, 4.69) is 25.7 Å². The number of nitriles is 1. The smallest absolute Gasteiger partial charge is 0.338 e. The fourth-order valence-corrected chi connectivity index (χ4v) is 1.74. The first-order chi connectivity index (χ1) is 8.06. The predicted molar refractivity (Wildman–Crippen MR) is 57.9 cm³/mol. The summed E-state index contributed by atoms with van der Waals surface area (Å²) in [4.78, 5) is 15.1. The standard InChI is InChI=1S/C10H7BrF2N2O2/c1-17-10(16)7-5(2-11)4-15-6(3-14)8(7)9(12)13/h4,9H,2H2,1H3. The van der Waals surface area contributed by atoms with Gasteiger partial charge in [-0.05, 0) is 5.56 Å². The Kier molecular flexibility index (Phi) is 4.52. The molecule has 0 fully saturated rings. The lowest BCUT2D eigenvalue weighted by Crippen LogP contribution is -2.12. The van der Waals surface area contributed by atoms with Gasteiger partial charge in [-0.1, -0.05) is 15.9 Å². The Labute approximate surface area is 104 Å². The first kappa shape index (κ1) is 13.5. The Balaban J connectivity index is 3.59. The number of methoxy groups -OCH3 is 1. The van der Waals surface area contributed by atoms with Crippen molar-refractivity contribution in [3.8, 4) is 6.07 Å². The molecule has 17 heavy (non-hydrogen) atoms. The second-order valence-corrected chi connectivity index (χ2v) is 3.52. The summed E-state index contributed by atoms with van der Waals surface area (Å²) in [6, 6.07) is 1.53. The largest absolute Gasteiger partial charge is 0.465 e. The third-order valence-electron chi connectivity index (χ3n) is 2.05. The molecule has 0 unspecified atom stereocenters. The molecule has 0 saturated heterocycles. The van der Waals surface area contributed by atoms with Crippen LogP contribution in [-0.4, -0.2) is 18.1 Å². The van der Waals surface area contributed by atoms with Gasteiger partial charge in [0.2, 0.25) is 0 Å². The maximum absolute atomic E-state index is 12.9. The molecule has 0 spiro atoms. The first-order valence-corrected chi connectivity index (χ1v) is 5.53. The number of alkyl halides is 3. The molecule has 0 aliphatic rings. The van der Waals surface area contributed by atoms with Gasteiger partial charge in [-0.3, -0.25) is 0 Å². The number of esters is 1. The molecule has 1 heterocycles. The van der Waals surface area contributed by atoms with Gasteiger partial charge in [0.15, 0.2) is 0 Å². The number of halogens is 3. The maximum Gasteiger partial charge on any atom is 0.338 e. The Morgan fingerprint density at radius 2 is 2.35 bits per heavy atom. The van der Waals surface area contributed by atoms with Gasteiger partial charge in [0.05, 0.1) is 18.2 Å².